The second-order valence-electron chi connectivity index (χ2n) is 2.66. The van der Waals surface area contributed by atoms with Gasteiger partial charge in [0.1, 0.15) is 0 Å². The van der Waals surface area contributed by atoms with Crippen molar-refractivity contribution < 1.29 is 0 Å². The van der Waals surface area contributed by atoms with Gasteiger partial charge in [0.05, 0.1) is 0 Å². The van der Waals surface area contributed by atoms with E-state index in [1.165, 1.54) is 0 Å². The summed E-state index contributed by atoms with van der Waals surface area (Å²) in [6.45, 7) is 2.87. The summed E-state index contributed by atoms with van der Waals surface area (Å²) in [4.78, 5) is 5.91. The minimum atomic E-state index is 0.550. The lowest BCUT2D eigenvalue weighted by molar-refractivity contribution is 1.04. The van der Waals surface area contributed by atoms with Crippen molar-refractivity contribution in [2.45, 2.75) is 6.92 Å². The number of hydrogen-bond donors (Lipinski definition) is 1. The van der Waals surface area contributed by atoms with E-state index in [1.807, 2.05) is 42.2 Å². The highest BCUT2D eigenvalue weighted by Crippen LogP contribution is 2.11. The Labute approximate surface area is 78.9 Å². The number of nitrogens with two attached hydrogens (primary N) is 1. The smallest absolute Gasteiger partial charge is 0.195 e. The van der Waals surface area contributed by atoms with Gasteiger partial charge in [0.25, 0.3) is 0 Å². The standard InChI is InChI=1S/C10H15N3/c1-3-13(10(11)12-2)9-7-5-4-6-8-9/h4-8H,3H2,1-2H3,(H2,11,12). The highest BCUT2D eigenvalue weighted by Gasteiger charge is 2.05. The zero-order chi connectivity index (χ0) is 9.68. The molecule has 1 rings (SSSR count). The summed E-state index contributed by atoms with van der Waals surface area (Å²) in [6.07, 6.45) is 0. The number of hydrogen-bond acceptors (Lipinski definition) is 1. The van der Waals surface area contributed by atoms with Crippen LogP contribution in [-0.4, -0.2) is 19.6 Å². The van der Waals surface area contributed by atoms with Crippen molar-refractivity contribution in [1.29, 1.82) is 0 Å². The van der Waals surface area contributed by atoms with Gasteiger partial charge in [-0.05, 0) is 19.1 Å². The van der Waals surface area contributed by atoms with Crippen molar-refractivity contribution in [2.24, 2.45) is 10.7 Å². The molecule has 0 heterocycles. The molecule has 0 bridgehead atoms. The molecule has 0 fully saturated rings. The summed E-state index contributed by atoms with van der Waals surface area (Å²) in [7, 11) is 1.70. The van der Waals surface area contributed by atoms with Crippen LogP contribution in [0.15, 0.2) is 35.3 Å². The van der Waals surface area contributed by atoms with Crippen LogP contribution in [0.5, 0.6) is 0 Å². The SMILES string of the molecule is CCN(C(N)=NC)c1ccccc1. The van der Waals surface area contributed by atoms with E-state index in [0.29, 0.717) is 5.96 Å². The number of para-hydroxylation sites is 1. The van der Waals surface area contributed by atoms with Crippen LogP contribution in [-0.2, 0) is 0 Å². The molecule has 3 nitrogen and oxygen atoms in total. The van der Waals surface area contributed by atoms with Gasteiger partial charge in [-0.1, -0.05) is 18.2 Å². The van der Waals surface area contributed by atoms with Gasteiger partial charge in [-0.15, -0.1) is 0 Å². The van der Waals surface area contributed by atoms with Crippen molar-refractivity contribution in [2.75, 3.05) is 18.5 Å². The average Bonchev–Trinajstić information content (AvgIpc) is 2.20. The van der Waals surface area contributed by atoms with E-state index < -0.39 is 0 Å². The molecule has 0 atom stereocenters. The number of guanidine groups is 1. The molecule has 0 aliphatic rings. The molecule has 1 aromatic carbocycles. The van der Waals surface area contributed by atoms with Gasteiger partial charge in [0.2, 0.25) is 0 Å². The highest BCUT2D eigenvalue weighted by atomic mass is 15.2. The number of aliphatic imine (C=N–C) groups is 1. The van der Waals surface area contributed by atoms with E-state index in [9.17, 15) is 0 Å². The van der Waals surface area contributed by atoms with Crippen molar-refractivity contribution >= 4 is 11.6 Å². The van der Waals surface area contributed by atoms with Crippen molar-refractivity contribution in [1.82, 2.24) is 0 Å². The molecular formula is C10H15N3. The third kappa shape index (κ3) is 2.21. The molecule has 0 unspecified atom stereocenters. The maximum atomic E-state index is 5.74. The molecule has 1 aromatic rings. The minimum absolute atomic E-state index is 0.550. The maximum Gasteiger partial charge on any atom is 0.195 e. The van der Waals surface area contributed by atoms with E-state index in [-0.39, 0.29) is 0 Å². The van der Waals surface area contributed by atoms with Gasteiger partial charge >= 0.3 is 0 Å². The van der Waals surface area contributed by atoms with E-state index in [1.54, 1.807) is 7.05 Å². The highest BCUT2D eigenvalue weighted by molar-refractivity contribution is 5.94. The largest absolute Gasteiger partial charge is 0.370 e. The summed E-state index contributed by atoms with van der Waals surface area (Å²) in [5, 5.41) is 0. The Morgan fingerprint density at radius 2 is 2.00 bits per heavy atom. The Balaban J connectivity index is 2.91. The van der Waals surface area contributed by atoms with Gasteiger partial charge in [-0.2, -0.15) is 0 Å². The molecular weight excluding hydrogens is 162 g/mol. The molecule has 0 saturated carbocycles. The van der Waals surface area contributed by atoms with Crippen LogP contribution in [0.2, 0.25) is 0 Å². The number of anilines is 1. The van der Waals surface area contributed by atoms with Crippen LogP contribution < -0.4 is 10.6 Å². The second kappa shape index (κ2) is 4.50. The molecule has 2 N–H and O–H groups in total. The van der Waals surface area contributed by atoms with Gasteiger partial charge in [-0.3, -0.25) is 4.99 Å². The Morgan fingerprint density at radius 3 is 2.46 bits per heavy atom. The quantitative estimate of drug-likeness (QED) is 0.549. The van der Waals surface area contributed by atoms with Crippen LogP contribution in [0.1, 0.15) is 6.92 Å². The normalized spacial score (nSPS) is 11.4. The summed E-state index contributed by atoms with van der Waals surface area (Å²) in [5.74, 6) is 0.550. The molecule has 70 valence electrons. The first-order valence-electron chi connectivity index (χ1n) is 4.34. The molecule has 0 aromatic heterocycles. The Hall–Kier alpha value is -1.51. The molecule has 3 heteroatoms. The average molecular weight is 177 g/mol. The van der Waals surface area contributed by atoms with Crippen molar-refractivity contribution in [3.05, 3.63) is 30.3 Å². The number of benzene rings is 1. The fraction of sp³-hybridized carbons (Fsp3) is 0.300. The Bertz CT molecular complexity index is 279. The fourth-order valence-corrected chi connectivity index (χ4v) is 1.21. The zero-order valence-electron chi connectivity index (χ0n) is 8.07. The topological polar surface area (TPSA) is 41.6 Å². The molecule has 0 spiro atoms. The summed E-state index contributed by atoms with van der Waals surface area (Å²) >= 11 is 0. The summed E-state index contributed by atoms with van der Waals surface area (Å²) in [5.41, 5.74) is 6.81. The summed E-state index contributed by atoms with van der Waals surface area (Å²) in [6, 6.07) is 9.99. The first-order chi connectivity index (χ1) is 6.29. The third-order valence-electron chi connectivity index (χ3n) is 1.89. The predicted molar refractivity (Wildman–Crippen MR) is 57.0 cm³/mol. The lowest BCUT2D eigenvalue weighted by Crippen LogP contribution is -2.37. The molecule has 0 saturated heterocycles. The summed E-state index contributed by atoms with van der Waals surface area (Å²) < 4.78 is 0. The number of nitrogens with zero attached hydrogens (tertiary/aromatic N) is 2. The van der Waals surface area contributed by atoms with Gasteiger partial charge < -0.3 is 10.6 Å². The fourth-order valence-electron chi connectivity index (χ4n) is 1.21. The van der Waals surface area contributed by atoms with Crippen LogP contribution in [0.4, 0.5) is 5.69 Å². The van der Waals surface area contributed by atoms with E-state index in [4.69, 9.17) is 5.73 Å². The zero-order valence-corrected chi connectivity index (χ0v) is 8.07. The number of rotatable bonds is 2. The van der Waals surface area contributed by atoms with Crippen LogP contribution >= 0.6 is 0 Å². The van der Waals surface area contributed by atoms with Crippen molar-refractivity contribution in [3.63, 3.8) is 0 Å². The van der Waals surface area contributed by atoms with Crippen LogP contribution in [0, 0.1) is 0 Å². The molecule has 0 radical (unpaired) electrons. The monoisotopic (exact) mass is 177 g/mol. The minimum Gasteiger partial charge on any atom is -0.370 e. The molecule has 13 heavy (non-hydrogen) atoms. The van der Waals surface area contributed by atoms with Gasteiger partial charge in [-0.25, -0.2) is 0 Å². The van der Waals surface area contributed by atoms with Crippen LogP contribution in [0.25, 0.3) is 0 Å². The third-order valence-corrected chi connectivity index (χ3v) is 1.89. The Morgan fingerprint density at radius 1 is 1.38 bits per heavy atom. The Kier molecular flexibility index (Phi) is 3.31. The molecule has 0 amide bonds. The van der Waals surface area contributed by atoms with Gasteiger partial charge in [0, 0.05) is 19.3 Å². The van der Waals surface area contributed by atoms with E-state index in [2.05, 4.69) is 4.99 Å². The predicted octanol–water partition coefficient (Wildman–Crippen LogP) is 1.46. The van der Waals surface area contributed by atoms with Gasteiger partial charge in [0.15, 0.2) is 5.96 Å². The first-order valence-corrected chi connectivity index (χ1v) is 4.34. The maximum absolute atomic E-state index is 5.74. The first kappa shape index (κ1) is 9.58. The lowest BCUT2D eigenvalue weighted by atomic mass is 10.3. The lowest BCUT2D eigenvalue weighted by Gasteiger charge is -2.21. The van der Waals surface area contributed by atoms with Crippen LogP contribution in [0.3, 0.4) is 0 Å². The van der Waals surface area contributed by atoms with E-state index in [0.717, 1.165) is 12.2 Å². The second-order valence-corrected chi connectivity index (χ2v) is 2.66. The molecule has 0 aliphatic carbocycles. The van der Waals surface area contributed by atoms with Crippen molar-refractivity contribution in [3.8, 4) is 0 Å². The van der Waals surface area contributed by atoms with E-state index >= 15 is 0 Å². The molecule has 0 aliphatic heterocycles.